The first-order chi connectivity index (χ1) is 8.72. The average Bonchev–Trinajstić information content (AvgIpc) is 2.64. The molecule has 2 aromatic rings. The molecule has 0 atom stereocenters. The van der Waals surface area contributed by atoms with Gasteiger partial charge in [0, 0.05) is 6.54 Å². The van der Waals surface area contributed by atoms with Crippen LogP contribution >= 0.6 is 0 Å². The molecule has 0 saturated carbocycles. The molecule has 5 heteroatoms. The minimum atomic E-state index is 0.0645. The highest BCUT2D eigenvalue weighted by atomic mass is 16.3. The van der Waals surface area contributed by atoms with E-state index >= 15 is 0 Å². The molecule has 4 N–H and O–H groups in total. The Bertz CT molecular complexity index is 507. The summed E-state index contributed by atoms with van der Waals surface area (Å²) in [6.45, 7) is 3.06. The third-order valence-corrected chi connectivity index (χ3v) is 2.75. The molecule has 5 nitrogen and oxygen atoms in total. The molecule has 0 fully saturated rings. The fourth-order valence-corrected chi connectivity index (χ4v) is 1.83. The van der Waals surface area contributed by atoms with Crippen molar-refractivity contribution in [1.82, 2.24) is 9.78 Å². The highest BCUT2D eigenvalue weighted by molar-refractivity contribution is 5.64. The van der Waals surface area contributed by atoms with Crippen LogP contribution in [-0.4, -0.2) is 28.0 Å². The van der Waals surface area contributed by atoms with Crippen molar-refractivity contribution in [3.05, 3.63) is 41.6 Å². The first-order valence-electron chi connectivity index (χ1n) is 5.94. The van der Waals surface area contributed by atoms with Crippen molar-refractivity contribution in [1.29, 1.82) is 0 Å². The Kier molecular flexibility index (Phi) is 3.84. The van der Waals surface area contributed by atoms with Crippen LogP contribution in [-0.2, 0) is 6.54 Å². The van der Waals surface area contributed by atoms with Crippen LogP contribution in [0.4, 0.5) is 11.5 Å². The van der Waals surface area contributed by atoms with E-state index in [4.69, 9.17) is 10.8 Å². The maximum atomic E-state index is 8.87. The predicted molar refractivity (Wildman–Crippen MR) is 72.5 cm³/mol. The van der Waals surface area contributed by atoms with E-state index in [2.05, 4.69) is 10.4 Å². The van der Waals surface area contributed by atoms with Crippen molar-refractivity contribution in [2.75, 3.05) is 24.2 Å². The molecule has 96 valence electrons. The smallest absolute Gasteiger partial charge is 0.148 e. The molecule has 0 saturated heterocycles. The molecular weight excluding hydrogens is 228 g/mol. The number of aliphatic hydroxyl groups is 1. The largest absolute Gasteiger partial charge is 0.395 e. The number of hydrogen-bond donors (Lipinski definition) is 3. The van der Waals surface area contributed by atoms with Crippen molar-refractivity contribution in [3.63, 3.8) is 0 Å². The van der Waals surface area contributed by atoms with Gasteiger partial charge in [-0.15, -0.1) is 0 Å². The number of aromatic nitrogens is 2. The fourth-order valence-electron chi connectivity index (χ4n) is 1.83. The monoisotopic (exact) mass is 246 g/mol. The molecule has 0 bridgehead atoms. The lowest BCUT2D eigenvalue weighted by Crippen LogP contribution is -2.13. The van der Waals surface area contributed by atoms with E-state index in [1.807, 2.05) is 41.9 Å². The quantitative estimate of drug-likeness (QED) is 0.741. The Hall–Kier alpha value is -2.01. The van der Waals surface area contributed by atoms with Crippen LogP contribution < -0.4 is 11.1 Å². The van der Waals surface area contributed by atoms with Crippen molar-refractivity contribution >= 4 is 11.5 Å². The number of aliphatic hydroxyl groups excluding tert-OH is 1. The van der Waals surface area contributed by atoms with Gasteiger partial charge >= 0.3 is 0 Å². The summed E-state index contributed by atoms with van der Waals surface area (Å²) in [5.74, 6) is 0.769. The minimum absolute atomic E-state index is 0.0645. The Labute approximate surface area is 106 Å². The highest BCUT2D eigenvalue weighted by Gasteiger charge is 2.11. The number of hydrogen-bond acceptors (Lipinski definition) is 4. The second-order valence-electron chi connectivity index (χ2n) is 4.14. The molecule has 0 spiro atoms. The Morgan fingerprint density at radius 1 is 1.33 bits per heavy atom. The zero-order valence-electron chi connectivity index (χ0n) is 10.4. The number of nitrogens with zero attached hydrogens (tertiary/aromatic N) is 2. The van der Waals surface area contributed by atoms with Gasteiger partial charge in [0.05, 0.1) is 24.5 Å². The normalized spacial score (nSPS) is 10.6. The van der Waals surface area contributed by atoms with Crippen LogP contribution in [0.5, 0.6) is 0 Å². The van der Waals surface area contributed by atoms with Crippen molar-refractivity contribution in [2.24, 2.45) is 0 Å². The molecule has 0 unspecified atom stereocenters. The van der Waals surface area contributed by atoms with Crippen LogP contribution in [0.1, 0.15) is 11.3 Å². The van der Waals surface area contributed by atoms with Crippen LogP contribution in [0.2, 0.25) is 0 Å². The SMILES string of the molecule is Cc1nn(Cc2ccccc2)c(NCCO)c1N. The summed E-state index contributed by atoms with van der Waals surface area (Å²) in [6.07, 6.45) is 0. The molecule has 1 heterocycles. The molecule has 0 aliphatic carbocycles. The molecular formula is C13H18N4O. The van der Waals surface area contributed by atoms with Gasteiger partial charge in [-0.3, -0.25) is 0 Å². The summed E-state index contributed by atoms with van der Waals surface area (Å²) in [5.41, 5.74) is 8.57. The van der Waals surface area contributed by atoms with Crippen LogP contribution in [0.15, 0.2) is 30.3 Å². The maximum absolute atomic E-state index is 8.87. The fraction of sp³-hybridized carbons (Fsp3) is 0.308. The zero-order chi connectivity index (χ0) is 13.0. The number of nitrogens with two attached hydrogens (primary N) is 1. The molecule has 2 rings (SSSR count). The topological polar surface area (TPSA) is 76.1 Å². The molecule has 0 aliphatic heterocycles. The van der Waals surface area contributed by atoms with Gasteiger partial charge in [-0.1, -0.05) is 30.3 Å². The van der Waals surface area contributed by atoms with Gasteiger partial charge < -0.3 is 16.2 Å². The van der Waals surface area contributed by atoms with Crippen LogP contribution in [0.3, 0.4) is 0 Å². The number of nitrogen functional groups attached to an aromatic ring is 1. The minimum Gasteiger partial charge on any atom is -0.395 e. The van der Waals surface area contributed by atoms with Gasteiger partial charge in [-0.25, -0.2) is 4.68 Å². The number of aryl methyl sites for hydroxylation is 1. The third kappa shape index (κ3) is 2.62. The number of rotatable bonds is 5. The summed E-state index contributed by atoms with van der Waals surface area (Å²) in [6, 6.07) is 10.1. The van der Waals surface area contributed by atoms with Gasteiger partial charge in [-0.2, -0.15) is 5.10 Å². The molecule has 0 aliphatic rings. The molecule has 0 amide bonds. The van der Waals surface area contributed by atoms with E-state index < -0.39 is 0 Å². The summed E-state index contributed by atoms with van der Waals surface area (Å²) in [7, 11) is 0. The molecule has 1 aromatic carbocycles. The standard InChI is InChI=1S/C13H18N4O/c1-10-12(14)13(15-7-8-18)17(16-10)9-11-5-3-2-4-6-11/h2-6,15,18H,7-9,14H2,1H3. The highest BCUT2D eigenvalue weighted by Crippen LogP contribution is 2.22. The zero-order valence-corrected chi connectivity index (χ0v) is 10.4. The van der Waals surface area contributed by atoms with Crippen molar-refractivity contribution in [2.45, 2.75) is 13.5 Å². The summed E-state index contributed by atoms with van der Waals surface area (Å²) >= 11 is 0. The van der Waals surface area contributed by atoms with E-state index in [0.29, 0.717) is 18.8 Å². The third-order valence-electron chi connectivity index (χ3n) is 2.75. The van der Waals surface area contributed by atoms with Gasteiger partial charge in [0.25, 0.3) is 0 Å². The number of benzene rings is 1. The van der Waals surface area contributed by atoms with E-state index in [-0.39, 0.29) is 6.61 Å². The summed E-state index contributed by atoms with van der Waals surface area (Å²) in [4.78, 5) is 0. The van der Waals surface area contributed by atoms with E-state index in [0.717, 1.165) is 17.1 Å². The Balaban J connectivity index is 2.24. The second kappa shape index (κ2) is 5.55. The lowest BCUT2D eigenvalue weighted by molar-refractivity contribution is 0.310. The average molecular weight is 246 g/mol. The number of nitrogens with one attached hydrogen (secondary N) is 1. The van der Waals surface area contributed by atoms with Crippen LogP contribution in [0.25, 0.3) is 0 Å². The lowest BCUT2D eigenvalue weighted by Gasteiger charge is -2.09. The van der Waals surface area contributed by atoms with Gasteiger partial charge in [0.1, 0.15) is 5.82 Å². The Morgan fingerprint density at radius 2 is 2.06 bits per heavy atom. The Morgan fingerprint density at radius 3 is 2.72 bits per heavy atom. The van der Waals surface area contributed by atoms with Crippen molar-refractivity contribution < 1.29 is 5.11 Å². The second-order valence-corrected chi connectivity index (χ2v) is 4.14. The van der Waals surface area contributed by atoms with Crippen molar-refractivity contribution in [3.8, 4) is 0 Å². The van der Waals surface area contributed by atoms with Gasteiger partial charge in [-0.05, 0) is 12.5 Å². The summed E-state index contributed by atoms with van der Waals surface area (Å²) in [5, 5.41) is 16.4. The van der Waals surface area contributed by atoms with E-state index in [1.165, 1.54) is 0 Å². The molecule has 18 heavy (non-hydrogen) atoms. The van der Waals surface area contributed by atoms with Gasteiger partial charge in [0.15, 0.2) is 0 Å². The van der Waals surface area contributed by atoms with E-state index in [9.17, 15) is 0 Å². The molecule has 0 radical (unpaired) electrons. The first-order valence-corrected chi connectivity index (χ1v) is 5.94. The maximum Gasteiger partial charge on any atom is 0.148 e. The van der Waals surface area contributed by atoms with E-state index in [1.54, 1.807) is 0 Å². The molecule has 1 aromatic heterocycles. The first kappa shape index (κ1) is 12.4. The number of anilines is 2. The summed E-state index contributed by atoms with van der Waals surface area (Å²) < 4.78 is 1.83. The van der Waals surface area contributed by atoms with Crippen LogP contribution in [0, 0.1) is 6.92 Å². The lowest BCUT2D eigenvalue weighted by atomic mass is 10.2. The predicted octanol–water partition coefficient (Wildman–Crippen LogP) is 1.23. The van der Waals surface area contributed by atoms with Gasteiger partial charge in [0.2, 0.25) is 0 Å².